The number of nitrogens with one attached hydrogen (secondary N) is 8. The number of nitrogens with two attached hydrogens (primary N) is 2. The van der Waals surface area contributed by atoms with Gasteiger partial charge in [-0.15, -0.1) is 0 Å². The molecule has 1 heterocycles. The number of carbonyl (C=O) groups is 6. The molecule has 6 amide bonds. The van der Waals surface area contributed by atoms with Crippen molar-refractivity contribution in [2.24, 2.45) is 11.5 Å². The van der Waals surface area contributed by atoms with E-state index in [1.165, 1.54) is 12.1 Å². The standard InChI is InChI=1S/C50H60N10O6/c1-2-14-43(61)60-50(26-24-34(25-27-50)33-17-7-4-8-18-33)48(66)59-41(29-32-15-5-3-6-16-32)46(64)57-40(23-13-28-54-49(52)53)45(63)58-42(30-35-31-55-38-21-11-9-19-36(35)38)47(65)56-39-22-12-10-20-37(39)44(51)62/h3-12,15-22,31,34,40-42,55H,2,13-14,23-30H2,1H3,(H2,51,62)(H,56,65)(H,57,64)(H,58,63)(H,59,66)(H,60,61)(H4,52,53,54)/t34-,40-,41+,42-,50+/m0/s1. The quantitative estimate of drug-likeness (QED) is 0.0286. The van der Waals surface area contributed by atoms with Gasteiger partial charge in [0.15, 0.2) is 5.96 Å². The second-order valence-electron chi connectivity index (χ2n) is 16.8. The molecule has 16 heteroatoms. The average molecular weight is 897 g/mol. The number of benzene rings is 4. The molecule has 1 saturated carbocycles. The van der Waals surface area contributed by atoms with Gasteiger partial charge in [0, 0.05) is 42.9 Å². The maximum atomic E-state index is 14.7. The van der Waals surface area contributed by atoms with Gasteiger partial charge in [-0.25, -0.2) is 0 Å². The van der Waals surface area contributed by atoms with Crippen molar-refractivity contribution < 1.29 is 28.8 Å². The Labute approximate surface area is 384 Å². The number of anilines is 1. The SMILES string of the molecule is CCCC(=O)N[C@]1(C(=O)N[C@H](Cc2ccccc2)C(=O)N[C@@H](CCCNC(=N)N)C(=O)N[C@@H](Cc2c[nH]c3ccccc23)C(=O)Nc2ccccc2C(N)=O)CC[C@H](c2ccccc2)CC1. The van der Waals surface area contributed by atoms with Crippen LogP contribution in [0.15, 0.2) is 115 Å². The zero-order valence-electron chi connectivity index (χ0n) is 37.2. The van der Waals surface area contributed by atoms with Gasteiger partial charge in [-0.05, 0) is 85.8 Å². The van der Waals surface area contributed by atoms with Gasteiger partial charge in [-0.2, -0.15) is 0 Å². The maximum Gasteiger partial charge on any atom is 0.250 e. The topological polar surface area (TPSA) is 266 Å². The van der Waals surface area contributed by atoms with Gasteiger partial charge in [-0.1, -0.05) is 97.9 Å². The normalized spacial score (nSPS) is 17.0. The molecule has 3 atom stereocenters. The number of primary amides is 1. The van der Waals surface area contributed by atoms with Crippen molar-refractivity contribution in [1.82, 2.24) is 31.6 Å². The third kappa shape index (κ3) is 12.8. The predicted molar refractivity (Wildman–Crippen MR) is 254 cm³/mol. The molecule has 5 aromatic rings. The summed E-state index contributed by atoms with van der Waals surface area (Å²) in [5.41, 5.74) is 13.6. The highest BCUT2D eigenvalue weighted by Crippen LogP contribution is 2.38. The molecule has 1 aliphatic carbocycles. The van der Waals surface area contributed by atoms with Crippen LogP contribution in [0.25, 0.3) is 10.9 Å². The third-order valence-electron chi connectivity index (χ3n) is 12.1. The highest BCUT2D eigenvalue weighted by atomic mass is 16.2. The molecule has 1 aliphatic rings. The highest BCUT2D eigenvalue weighted by Gasteiger charge is 2.44. The van der Waals surface area contributed by atoms with E-state index in [0.717, 1.165) is 27.6 Å². The summed E-state index contributed by atoms with van der Waals surface area (Å²) >= 11 is 0. The summed E-state index contributed by atoms with van der Waals surface area (Å²) < 4.78 is 0. The van der Waals surface area contributed by atoms with E-state index in [1.54, 1.807) is 18.3 Å². The molecular weight excluding hydrogens is 837 g/mol. The third-order valence-corrected chi connectivity index (χ3v) is 12.1. The Morgan fingerprint density at radius 1 is 0.742 bits per heavy atom. The number of fused-ring (bicyclic) bond motifs is 1. The summed E-state index contributed by atoms with van der Waals surface area (Å²) in [5.74, 6) is -3.57. The fourth-order valence-corrected chi connectivity index (χ4v) is 8.59. The van der Waals surface area contributed by atoms with Gasteiger partial charge in [-0.3, -0.25) is 34.2 Å². The first-order valence-corrected chi connectivity index (χ1v) is 22.5. The van der Waals surface area contributed by atoms with Gasteiger partial charge in [0.1, 0.15) is 23.7 Å². The Hall–Kier alpha value is -7.49. The van der Waals surface area contributed by atoms with Gasteiger partial charge in [0.2, 0.25) is 29.5 Å². The van der Waals surface area contributed by atoms with Crippen molar-refractivity contribution in [1.29, 1.82) is 5.41 Å². The Balaban J connectivity index is 1.28. The molecule has 4 aromatic carbocycles. The van der Waals surface area contributed by atoms with Crippen LogP contribution in [0.5, 0.6) is 0 Å². The number of H-pyrrole nitrogens is 1. The number of carbonyl (C=O) groups excluding carboxylic acids is 6. The lowest BCUT2D eigenvalue weighted by Gasteiger charge is -2.40. The van der Waals surface area contributed by atoms with Crippen LogP contribution >= 0.6 is 0 Å². The molecule has 0 aliphatic heterocycles. The van der Waals surface area contributed by atoms with Crippen molar-refractivity contribution in [3.63, 3.8) is 0 Å². The van der Waals surface area contributed by atoms with Crippen molar-refractivity contribution in [2.45, 2.75) is 101 Å². The minimum atomic E-state index is -1.28. The number of amides is 6. The smallest absolute Gasteiger partial charge is 0.250 e. The number of hydrogen-bond acceptors (Lipinski definition) is 7. The number of para-hydroxylation sites is 2. The van der Waals surface area contributed by atoms with Crippen LogP contribution < -0.4 is 43.4 Å². The molecule has 66 heavy (non-hydrogen) atoms. The molecule has 0 bridgehead atoms. The molecule has 0 spiro atoms. The highest BCUT2D eigenvalue weighted by molar-refractivity contribution is 6.05. The molecule has 0 saturated heterocycles. The molecular formula is C50H60N10O6. The monoisotopic (exact) mass is 896 g/mol. The van der Waals surface area contributed by atoms with Crippen molar-refractivity contribution in [2.75, 3.05) is 11.9 Å². The first-order chi connectivity index (χ1) is 31.9. The Kier molecular flexibility index (Phi) is 16.7. The molecule has 12 N–H and O–H groups in total. The summed E-state index contributed by atoms with van der Waals surface area (Å²) in [6.07, 6.45) is 4.96. The lowest BCUT2D eigenvalue weighted by atomic mass is 9.73. The second-order valence-corrected chi connectivity index (χ2v) is 16.8. The number of guanidine groups is 1. The minimum absolute atomic E-state index is 0.0243. The van der Waals surface area contributed by atoms with E-state index < -0.39 is 53.2 Å². The summed E-state index contributed by atoms with van der Waals surface area (Å²) in [4.78, 5) is 86.8. The lowest BCUT2D eigenvalue weighted by Crippen LogP contribution is -2.64. The van der Waals surface area contributed by atoms with E-state index in [2.05, 4.69) is 49.0 Å². The summed E-state index contributed by atoms with van der Waals surface area (Å²) in [5, 5.41) is 25.7. The van der Waals surface area contributed by atoms with E-state index >= 15 is 0 Å². The lowest BCUT2D eigenvalue weighted by molar-refractivity contribution is -0.138. The zero-order chi connectivity index (χ0) is 47.1. The van der Waals surface area contributed by atoms with Crippen LogP contribution in [-0.2, 0) is 36.8 Å². The van der Waals surface area contributed by atoms with Crippen LogP contribution in [0.3, 0.4) is 0 Å². The van der Waals surface area contributed by atoms with E-state index in [1.807, 2.05) is 79.7 Å². The van der Waals surface area contributed by atoms with Crippen LogP contribution in [0.4, 0.5) is 5.69 Å². The molecule has 16 nitrogen and oxygen atoms in total. The molecule has 1 aromatic heterocycles. The van der Waals surface area contributed by atoms with Crippen LogP contribution in [0.1, 0.15) is 91.3 Å². The van der Waals surface area contributed by atoms with Crippen LogP contribution in [0.2, 0.25) is 0 Å². The molecule has 6 rings (SSSR count). The van der Waals surface area contributed by atoms with E-state index in [-0.39, 0.29) is 67.7 Å². The molecule has 346 valence electrons. The molecule has 0 unspecified atom stereocenters. The van der Waals surface area contributed by atoms with Crippen molar-refractivity contribution in [3.05, 3.63) is 138 Å². The Morgan fingerprint density at radius 3 is 2.06 bits per heavy atom. The number of aromatic nitrogens is 1. The Bertz CT molecular complexity index is 2490. The van der Waals surface area contributed by atoms with Gasteiger partial charge in [0.25, 0.3) is 5.91 Å². The second kappa shape index (κ2) is 22.9. The summed E-state index contributed by atoms with van der Waals surface area (Å²) in [6.45, 7) is 2.09. The van der Waals surface area contributed by atoms with Gasteiger partial charge < -0.3 is 48.4 Å². The fourth-order valence-electron chi connectivity index (χ4n) is 8.59. The minimum Gasteiger partial charge on any atom is -0.370 e. The number of rotatable bonds is 21. The summed E-state index contributed by atoms with van der Waals surface area (Å²) in [7, 11) is 0. The van der Waals surface area contributed by atoms with Crippen molar-refractivity contribution >= 4 is 58.0 Å². The van der Waals surface area contributed by atoms with Gasteiger partial charge in [0.05, 0.1) is 11.3 Å². The van der Waals surface area contributed by atoms with E-state index in [0.29, 0.717) is 32.1 Å². The number of hydrogen-bond donors (Lipinski definition) is 10. The van der Waals surface area contributed by atoms with E-state index in [9.17, 15) is 28.8 Å². The van der Waals surface area contributed by atoms with E-state index in [4.69, 9.17) is 16.9 Å². The molecule has 1 fully saturated rings. The number of aromatic amines is 1. The first-order valence-electron chi connectivity index (χ1n) is 22.5. The Morgan fingerprint density at radius 2 is 1.36 bits per heavy atom. The average Bonchev–Trinajstić information content (AvgIpc) is 3.72. The maximum absolute atomic E-state index is 14.7. The van der Waals surface area contributed by atoms with Gasteiger partial charge >= 0.3 is 0 Å². The largest absolute Gasteiger partial charge is 0.370 e. The fraction of sp³-hybridized carbons (Fsp3) is 0.340. The van der Waals surface area contributed by atoms with Crippen LogP contribution in [0, 0.1) is 5.41 Å². The van der Waals surface area contributed by atoms with Crippen molar-refractivity contribution in [3.8, 4) is 0 Å². The summed E-state index contributed by atoms with van der Waals surface area (Å²) in [6, 6.07) is 29.3. The first kappa shape index (κ1) is 48.0. The molecule has 0 radical (unpaired) electrons. The van der Waals surface area contributed by atoms with Crippen LogP contribution in [-0.4, -0.2) is 76.6 Å². The predicted octanol–water partition coefficient (Wildman–Crippen LogP) is 4.42. The zero-order valence-corrected chi connectivity index (χ0v) is 37.2.